The van der Waals surface area contributed by atoms with Crippen LogP contribution in [0.1, 0.15) is 39.5 Å². The summed E-state index contributed by atoms with van der Waals surface area (Å²) in [5, 5.41) is 8.58. The number of hydrogen-bond donors (Lipinski definition) is 1. The third-order valence-corrected chi connectivity index (χ3v) is 7.27. The number of rotatable bonds is 5. The number of carbonyl (C=O) groups excluding carboxylic acids is 1. The van der Waals surface area contributed by atoms with E-state index in [9.17, 15) is 17.6 Å². The van der Waals surface area contributed by atoms with Gasteiger partial charge in [-0.3, -0.25) is 4.79 Å². The summed E-state index contributed by atoms with van der Waals surface area (Å²) >= 11 is 0. The number of carbonyl (C=O) groups is 1. The van der Waals surface area contributed by atoms with E-state index in [0.717, 1.165) is 12.8 Å². The third kappa shape index (κ3) is 4.49. The van der Waals surface area contributed by atoms with Gasteiger partial charge in [0.15, 0.2) is 0 Å². The fraction of sp³-hybridized carbons (Fsp3) is 0.875. The molecule has 0 saturated carbocycles. The number of sulfonamides is 1. The van der Waals surface area contributed by atoms with Gasteiger partial charge in [-0.25, -0.2) is 17.1 Å². The highest BCUT2D eigenvalue weighted by atomic mass is 32.2. The van der Waals surface area contributed by atoms with Gasteiger partial charge < -0.3 is 10.6 Å². The molecule has 2 fully saturated rings. The first-order chi connectivity index (χ1) is 11.7. The molecule has 0 aromatic heterocycles. The quantitative estimate of drug-likeness (QED) is 0.759. The standard InChI is InChI=1S/C16H27FN4O3S/c1-11(2)25(23,24)20-5-3-4-12(9-20)6-15(19)16(22)21-10-13(17)7-14(21)8-18/h11-15H,3-7,9-10,19H2,1-2H3/t12?,13-,14-,15?/m0/s1. The largest absolute Gasteiger partial charge is 0.322 e. The molecule has 2 saturated heterocycles. The molecule has 25 heavy (non-hydrogen) atoms. The van der Waals surface area contributed by atoms with Crippen LogP contribution in [0.2, 0.25) is 0 Å². The van der Waals surface area contributed by atoms with Crippen LogP contribution >= 0.6 is 0 Å². The van der Waals surface area contributed by atoms with Crippen LogP contribution in [-0.4, -0.2) is 66.7 Å². The maximum atomic E-state index is 13.5. The van der Waals surface area contributed by atoms with E-state index in [0.29, 0.717) is 19.5 Å². The fourth-order valence-electron chi connectivity index (χ4n) is 3.57. The van der Waals surface area contributed by atoms with Crippen molar-refractivity contribution in [2.75, 3.05) is 19.6 Å². The van der Waals surface area contributed by atoms with E-state index in [1.165, 1.54) is 9.21 Å². The zero-order valence-electron chi connectivity index (χ0n) is 14.8. The average molecular weight is 374 g/mol. The lowest BCUT2D eigenvalue weighted by Gasteiger charge is -2.34. The minimum absolute atomic E-state index is 0.00876. The van der Waals surface area contributed by atoms with Crippen molar-refractivity contribution in [1.29, 1.82) is 5.26 Å². The number of hydrogen-bond acceptors (Lipinski definition) is 5. The maximum absolute atomic E-state index is 13.5. The molecule has 2 aliphatic heterocycles. The Hall–Kier alpha value is -1.24. The molecule has 2 aliphatic rings. The van der Waals surface area contributed by atoms with Crippen molar-refractivity contribution in [3.63, 3.8) is 0 Å². The van der Waals surface area contributed by atoms with Gasteiger partial charge >= 0.3 is 0 Å². The second-order valence-corrected chi connectivity index (χ2v) is 9.76. The molecule has 9 heteroatoms. The molecule has 0 radical (unpaired) electrons. The lowest BCUT2D eigenvalue weighted by Crippen LogP contribution is -2.49. The predicted octanol–water partition coefficient (Wildman–Crippen LogP) is 0.617. The van der Waals surface area contributed by atoms with Crippen LogP contribution in [-0.2, 0) is 14.8 Å². The summed E-state index contributed by atoms with van der Waals surface area (Å²) in [6.45, 7) is 4.05. The number of nitrogens with zero attached hydrogens (tertiary/aromatic N) is 3. The van der Waals surface area contributed by atoms with Gasteiger partial charge in [0.1, 0.15) is 12.2 Å². The number of halogens is 1. The van der Waals surface area contributed by atoms with Gasteiger partial charge in [0.2, 0.25) is 15.9 Å². The lowest BCUT2D eigenvalue weighted by atomic mass is 9.92. The Morgan fingerprint density at radius 3 is 2.68 bits per heavy atom. The Balaban J connectivity index is 1.97. The van der Waals surface area contributed by atoms with Crippen molar-refractivity contribution in [2.45, 2.75) is 63.0 Å². The molecule has 0 aliphatic carbocycles. The highest BCUT2D eigenvalue weighted by Crippen LogP contribution is 2.26. The monoisotopic (exact) mass is 374 g/mol. The molecule has 7 nitrogen and oxygen atoms in total. The summed E-state index contributed by atoms with van der Waals surface area (Å²) in [6, 6.07) is 0.339. The number of amides is 1. The smallest absolute Gasteiger partial charge is 0.240 e. The van der Waals surface area contributed by atoms with Crippen molar-refractivity contribution >= 4 is 15.9 Å². The van der Waals surface area contributed by atoms with Crippen LogP contribution in [0.25, 0.3) is 0 Å². The van der Waals surface area contributed by atoms with Gasteiger partial charge in [0, 0.05) is 19.5 Å². The molecular weight excluding hydrogens is 347 g/mol. The summed E-state index contributed by atoms with van der Waals surface area (Å²) in [4.78, 5) is 13.7. The molecule has 2 unspecified atom stereocenters. The zero-order chi connectivity index (χ0) is 18.8. The Morgan fingerprint density at radius 1 is 1.40 bits per heavy atom. The van der Waals surface area contributed by atoms with Gasteiger partial charge in [-0.15, -0.1) is 0 Å². The molecule has 2 N–H and O–H groups in total. The number of nitrogens with two attached hydrogens (primary N) is 1. The van der Waals surface area contributed by atoms with E-state index in [-0.39, 0.29) is 18.9 Å². The van der Waals surface area contributed by atoms with Crippen molar-refractivity contribution in [3.05, 3.63) is 0 Å². The van der Waals surface area contributed by atoms with E-state index in [1.807, 2.05) is 6.07 Å². The van der Waals surface area contributed by atoms with E-state index in [1.54, 1.807) is 13.8 Å². The SMILES string of the molecule is CC(C)S(=O)(=O)N1CCCC(CC(N)C(=O)N2C[C@@H](F)C[C@H]2C#N)C1. The summed E-state index contributed by atoms with van der Waals surface area (Å²) in [6.07, 6.45) is 0.711. The molecule has 1 amide bonds. The normalized spacial score (nSPS) is 29.6. The minimum Gasteiger partial charge on any atom is -0.322 e. The summed E-state index contributed by atoms with van der Waals surface area (Å²) < 4.78 is 39.6. The first kappa shape index (κ1) is 20.1. The second-order valence-electron chi connectivity index (χ2n) is 7.27. The first-order valence-corrected chi connectivity index (χ1v) is 10.3. The van der Waals surface area contributed by atoms with Gasteiger partial charge in [-0.05, 0) is 39.0 Å². The Labute approximate surface area is 149 Å². The van der Waals surface area contributed by atoms with Crippen molar-refractivity contribution in [2.24, 2.45) is 11.7 Å². The highest BCUT2D eigenvalue weighted by molar-refractivity contribution is 7.89. The predicted molar refractivity (Wildman–Crippen MR) is 91.6 cm³/mol. The lowest BCUT2D eigenvalue weighted by molar-refractivity contribution is -0.133. The molecule has 2 heterocycles. The van der Waals surface area contributed by atoms with Crippen LogP contribution in [0.3, 0.4) is 0 Å². The fourth-order valence-corrected chi connectivity index (χ4v) is 4.97. The Kier molecular flexibility index (Phi) is 6.40. The molecule has 142 valence electrons. The van der Waals surface area contributed by atoms with Gasteiger partial charge in [0.25, 0.3) is 0 Å². The molecule has 4 atom stereocenters. The summed E-state index contributed by atoms with van der Waals surface area (Å²) in [7, 11) is -3.32. The Bertz CT molecular complexity index is 634. The van der Waals surface area contributed by atoms with Crippen LogP contribution in [0.5, 0.6) is 0 Å². The highest BCUT2D eigenvalue weighted by Gasteiger charge is 2.38. The minimum atomic E-state index is -3.32. The topological polar surface area (TPSA) is 108 Å². The maximum Gasteiger partial charge on any atom is 0.240 e. The summed E-state index contributed by atoms with van der Waals surface area (Å²) in [5.74, 6) is -0.430. The zero-order valence-corrected chi connectivity index (χ0v) is 15.6. The van der Waals surface area contributed by atoms with E-state index in [4.69, 9.17) is 11.0 Å². The molecule has 0 spiro atoms. The number of piperidine rings is 1. The third-order valence-electron chi connectivity index (χ3n) is 5.02. The van der Waals surface area contributed by atoms with Crippen molar-refractivity contribution < 1.29 is 17.6 Å². The van der Waals surface area contributed by atoms with E-state index in [2.05, 4.69) is 0 Å². The molecule has 0 aromatic carbocycles. The number of nitriles is 1. The number of likely N-dealkylation sites (tertiary alicyclic amines) is 1. The molecular formula is C16H27FN4O3S. The van der Waals surface area contributed by atoms with Crippen LogP contribution in [0, 0.1) is 17.2 Å². The average Bonchev–Trinajstić information content (AvgIpc) is 2.95. The first-order valence-electron chi connectivity index (χ1n) is 8.75. The van der Waals surface area contributed by atoms with Gasteiger partial charge in [0.05, 0.1) is 23.9 Å². The van der Waals surface area contributed by atoms with Crippen LogP contribution in [0.15, 0.2) is 0 Å². The molecule has 0 bridgehead atoms. The Morgan fingerprint density at radius 2 is 2.08 bits per heavy atom. The number of alkyl halides is 1. The summed E-state index contributed by atoms with van der Waals surface area (Å²) in [5.41, 5.74) is 6.01. The molecule has 0 aromatic rings. The van der Waals surface area contributed by atoms with E-state index >= 15 is 0 Å². The molecule has 2 rings (SSSR count). The van der Waals surface area contributed by atoms with Crippen LogP contribution in [0.4, 0.5) is 4.39 Å². The van der Waals surface area contributed by atoms with Crippen molar-refractivity contribution in [1.82, 2.24) is 9.21 Å². The van der Waals surface area contributed by atoms with Crippen molar-refractivity contribution in [3.8, 4) is 6.07 Å². The van der Waals surface area contributed by atoms with Gasteiger partial charge in [-0.1, -0.05) is 0 Å². The van der Waals surface area contributed by atoms with Gasteiger partial charge in [-0.2, -0.15) is 5.26 Å². The van der Waals surface area contributed by atoms with Crippen LogP contribution < -0.4 is 5.73 Å². The van der Waals surface area contributed by atoms with E-state index < -0.39 is 39.4 Å². The second kappa shape index (κ2) is 7.98.